The molecule has 0 spiro atoms. The summed E-state index contributed by atoms with van der Waals surface area (Å²) in [5, 5.41) is 9.24. The molecular weight excluding hydrogens is 278 g/mol. The Morgan fingerprint density at radius 1 is 1.32 bits per heavy atom. The van der Waals surface area contributed by atoms with Crippen LogP contribution in [-0.4, -0.2) is 34.5 Å². The van der Waals surface area contributed by atoms with Crippen LogP contribution >= 0.6 is 0 Å². The number of benzene rings is 1. The van der Waals surface area contributed by atoms with Crippen LogP contribution in [0.4, 0.5) is 0 Å². The number of nitrogens with zero attached hydrogens (tertiary/aromatic N) is 1. The summed E-state index contributed by atoms with van der Waals surface area (Å²) in [6.07, 6.45) is 4.46. The molecule has 2 atom stereocenters. The van der Waals surface area contributed by atoms with Gasteiger partial charge in [0.1, 0.15) is 0 Å². The highest BCUT2D eigenvalue weighted by Crippen LogP contribution is 2.27. The first kappa shape index (κ1) is 16.5. The highest BCUT2D eigenvalue weighted by Gasteiger charge is 2.31. The van der Waals surface area contributed by atoms with Crippen LogP contribution in [0.5, 0.6) is 0 Å². The third kappa shape index (κ3) is 3.67. The van der Waals surface area contributed by atoms with Gasteiger partial charge < -0.3 is 10.0 Å². The van der Waals surface area contributed by atoms with E-state index in [0.29, 0.717) is 17.5 Å². The smallest absolute Gasteiger partial charge is 0.335 e. The molecule has 1 saturated heterocycles. The summed E-state index contributed by atoms with van der Waals surface area (Å²) in [7, 11) is 0. The van der Waals surface area contributed by atoms with Crippen LogP contribution < -0.4 is 0 Å². The molecule has 0 saturated carbocycles. The Balaban J connectivity index is 2.15. The lowest BCUT2D eigenvalue weighted by Crippen LogP contribution is -2.48. The minimum atomic E-state index is -0.972. The van der Waals surface area contributed by atoms with Crippen molar-refractivity contribution in [2.24, 2.45) is 5.92 Å². The van der Waals surface area contributed by atoms with Crippen LogP contribution in [-0.2, 0) is 11.2 Å². The van der Waals surface area contributed by atoms with Crippen LogP contribution in [0.3, 0.4) is 0 Å². The van der Waals surface area contributed by atoms with Crippen molar-refractivity contribution in [3.05, 3.63) is 35.4 Å². The molecular formula is C18H25NO3. The van der Waals surface area contributed by atoms with Gasteiger partial charge in [0, 0.05) is 12.6 Å². The SMILES string of the molecule is CCCC1C(C)CCCN1C(=O)Cc1ccccc1C(=O)O. The van der Waals surface area contributed by atoms with Crippen LogP contribution in [0.1, 0.15) is 55.5 Å². The first-order valence-corrected chi connectivity index (χ1v) is 8.15. The van der Waals surface area contributed by atoms with E-state index in [2.05, 4.69) is 13.8 Å². The van der Waals surface area contributed by atoms with Gasteiger partial charge in [0.2, 0.25) is 5.91 Å². The summed E-state index contributed by atoms with van der Waals surface area (Å²) < 4.78 is 0. The first-order valence-electron chi connectivity index (χ1n) is 8.15. The van der Waals surface area contributed by atoms with Gasteiger partial charge in [-0.15, -0.1) is 0 Å². The molecule has 0 aromatic heterocycles. The lowest BCUT2D eigenvalue weighted by Gasteiger charge is -2.40. The van der Waals surface area contributed by atoms with Crippen molar-refractivity contribution < 1.29 is 14.7 Å². The number of hydrogen-bond acceptors (Lipinski definition) is 2. The van der Waals surface area contributed by atoms with Crippen molar-refractivity contribution >= 4 is 11.9 Å². The van der Waals surface area contributed by atoms with Gasteiger partial charge in [0.15, 0.2) is 0 Å². The molecule has 1 aromatic carbocycles. The second-order valence-corrected chi connectivity index (χ2v) is 6.20. The Hall–Kier alpha value is -1.84. The fourth-order valence-electron chi connectivity index (χ4n) is 3.44. The summed E-state index contributed by atoms with van der Waals surface area (Å²) >= 11 is 0. The van der Waals surface area contributed by atoms with E-state index in [4.69, 9.17) is 0 Å². The number of carbonyl (C=O) groups excluding carboxylic acids is 1. The number of carboxylic acids is 1. The van der Waals surface area contributed by atoms with Crippen molar-refractivity contribution in [2.45, 2.75) is 52.0 Å². The van der Waals surface area contributed by atoms with E-state index in [-0.39, 0.29) is 17.9 Å². The first-order chi connectivity index (χ1) is 10.5. The van der Waals surface area contributed by atoms with Crippen molar-refractivity contribution in [1.29, 1.82) is 0 Å². The monoisotopic (exact) mass is 303 g/mol. The normalized spacial score (nSPS) is 21.6. The molecule has 2 rings (SSSR count). The topological polar surface area (TPSA) is 57.6 Å². The number of carboxylic acid groups (broad SMARTS) is 1. The molecule has 2 unspecified atom stereocenters. The van der Waals surface area contributed by atoms with Crippen molar-refractivity contribution in [2.75, 3.05) is 6.54 Å². The number of amides is 1. The fourth-order valence-corrected chi connectivity index (χ4v) is 3.44. The maximum atomic E-state index is 12.7. The zero-order valence-corrected chi connectivity index (χ0v) is 13.4. The van der Waals surface area contributed by atoms with Gasteiger partial charge in [-0.05, 0) is 36.8 Å². The van der Waals surface area contributed by atoms with Gasteiger partial charge in [-0.3, -0.25) is 4.79 Å². The van der Waals surface area contributed by atoms with Crippen molar-refractivity contribution in [3.63, 3.8) is 0 Å². The molecule has 1 heterocycles. The summed E-state index contributed by atoms with van der Waals surface area (Å²) in [6.45, 7) is 5.15. The standard InChI is InChI=1S/C18H25NO3/c1-3-7-16-13(2)8-6-11-19(16)17(20)12-14-9-4-5-10-15(14)18(21)22/h4-5,9-10,13,16H,3,6-8,11-12H2,1-2H3,(H,21,22). The van der Waals surface area contributed by atoms with E-state index in [0.717, 1.165) is 25.8 Å². The average Bonchev–Trinajstić information content (AvgIpc) is 2.49. The van der Waals surface area contributed by atoms with E-state index in [1.807, 2.05) is 4.90 Å². The lowest BCUT2D eigenvalue weighted by molar-refractivity contribution is -0.135. The Bertz CT molecular complexity index is 541. The van der Waals surface area contributed by atoms with Crippen LogP contribution in [0.25, 0.3) is 0 Å². The van der Waals surface area contributed by atoms with Gasteiger partial charge in [0.25, 0.3) is 0 Å². The molecule has 1 aromatic rings. The molecule has 4 nitrogen and oxygen atoms in total. The second kappa shape index (κ2) is 7.43. The minimum Gasteiger partial charge on any atom is -0.478 e. The molecule has 22 heavy (non-hydrogen) atoms. The molecule has 1 fully saturated rings. The van der Waals surface area contributed by atoms with Crippen LogP contribution in [0.15, 0.2) is 24.3 Å². The zero-order chi connectivity index (χ0) is 16.1. The predicted octanol–water partition coefficient (Wildman–Crippen LogP) is 3.35. The van der Waals surface area contributed by atoms with Gasteiger partial charge in [0.05, 0.1) is 12.0 Å². The third-order valence-electron chi connectivity index (χ3n) is 4.61. The average molecular weight is 303 g/mol. The molecule has 1 aliphatic heterocycles. The summed E-state index contributed by atoms with van der Waals surface area (Å²) in [6, 6.07) is 7.08. The van der Waals surface area contributed by atoms with E-state index < -0.39 is 5.97 Å². The second-order valence-electron chi connectivity index (χ2n) is 6.20. The third-order valence-corrected chi connectivity index (χ3v) is 4.61. The number of hydrogen-bond donors (Lipinski definition) is 1. The van der Waals surface area contributed by atoms with E-state index >= 15 is 0 Å². The number of likely N-dealkylation sites (tertiary alicyclic amines) is 1. The number of carbonyl (C=O) groups is 2. The van der Waals surface area contributed by atoms with Gasteiger partial charge in [-0.1, -0.05) is 38.5 Å². The zero-order valence-electron chi connectivity index (χ0n) is 13.4. The Morgan fingerprint density at radius 2 is 2.05 bits per heavy atom. The lowest BCUT2D eigenvalue weighted by atomic mass is 9.87. The Labute approximate surface area is 132 Å². The van der Waals surface area contributed by atoms with Crippen LogP contribution in [0.2, 0.25) is 0 Å². The number of piperidine rings is 1. The van der Waals surface area contributed by atoms with Gasteiger partial charge in [-0.25, -0.2) is 4.79 Å². The summed E-state index contributed by atoms with van der Waals surface area (Å²) in [4.78, 5) is 26.0. The molecule has 4 heteroatoms. The maximum Gasteiger partial charge on any atom is 0.335 e. The van der Waals surface area contributed by atoms with Crippen molar-refractivity contribution in [1.82, 2.24) is 4.90 Å². The quantitative estimate of drug-likeness (QED) is 0.907. The number of aromatic carboxylic acids is 1. The molecule has 0 aliphatic carbocycles. The highest BCUT2D eigenvalue weighted by atomic mass is 16.4. The predicted molar refractivity (Wildman–Crippen MR) is 85.9 cm³/mol. The van der Waals surface area contributed by atoms with Gasteiger partial charge >= 0.3 is 5.97 Å². The van der Waals surface area contributed by atoms with Crippen molar-refractivity contribution in [3.8, 4) is 0 Å². The summed E-state index contributed by atoms with van der Waals surface area (Å²) in [5.41, 5.74) is 0.835. The number of rotatable bonds is 5. The minimum absolute atomic E-state index is 0.0544. The van der Waals surface area contributed by atoms with E-state index in [1.165, 1.54) is 6.42 Å². The molecule has 120 valence electrons. The Morgan fingerprint density at radius 3 is 2.73 bits per heavy atom. The molecule has 0 radical (unpaired) electrons. The van der Waals surface area contributed by atoms with Crippen LogP contribution in [0, 0.1) is 5.92 Å². The Kier molecular flexibility index (Phi) is 5.58. The van der Waals surface area contributed by atoms with E-state index in [9.17, 15) is 14.7 Å². The summed E-state index contributed by atoms with van der Waals surface area (Å²) in [5.74, 6) is -0.397. The molecule has 1 amide bonds. The molecule has 0 bridgehead atoms. The fraction of sp³-hybridized carbons (Fsp3) is 0.556. The largest absolute Gasteiger partial charge is 0.478 e. The molecule has 1 aliphatic rings. The maximum absolute atomic E-state index is 12.7. The molecule has 1 N–H and O–H groups in total. The van der Waals surface area contributed by atoms with Gasteiger partial charge in [-0.2, -0.15) is 0 Å². The highest BCUT2D eigenvalue weighted by molar-refractivity contribution is 5.91. The van der Waals surface area contributed by atoms with E-state index in [1.54, 1.807) is 24.3 Å².